The minimum absolute atomic E-state index is 0.0173. The van der Waals surface area contributed by atoms with Crippen molar-refractivity contribution in [1.82, 2.24) is 5.32 Å². The second kappa shape index (κ2) is 47.0. The molecule has 3 N–H and O–H groups in total. The molecule has 0 rings (SSSR count). The minimum Gasteiger partial charge on any atom is -0.466 e. The van der Waals surface area contributed by atoms with Crippen molar-refractivity contribution >= 4 is 11.9 Å². The zero-order valence-corrected chi connectivity index (χ0v) is 38.1. The number of hydrogen-bond acceptors (Lipinski definition) is 5. The largest absolute Gasteiger partial charge is 0.466 e. The van der Waals surface area contributed by atoms with E-state index in [0.717, 1.165) is 57.8 Å². The van der Waals surface area contributed by atoms with Crippen molar-refractivity contribution in [2.45, 2.75) is 276 Å². The van der Waals surface area contributed by atoms with Gasteiger partial charge in [0.25, 0.3) is 0 Å². The van der Waals surface area contributed by atoms with E-state index in [0.29, 0.717) is 19.4 Å². The Morgan fingerprint density at radius 3 is 1.28 bits per heavy atom. The van der Waals surface area contributed by atoms with Crippen molar-refractivity contribution in [2.75, 3.05) is 13.2 Å². The Kier molecular flexibility index (Phi) is 45.7. The van der Waals surface area contributed by atoms with Crippen LogP contribution in [-0.4, -0.2) is 47.4 Å². The lowest BCUT2D eigenvalue weighted by atomic mass is 10.0. The Hall–Kier alpha value is -1.66. The number of ether oxygens (including phenoxy) is 1. The summed E-state index contributed by atoms with van der Waals surface area (Å²) >= 11 is 0. The molecular weight excluding hydrogens is 707 g/mol. The molecule has 0 aliphatic heterocycles. The van der Waals surface area contributed by atoms with Gasteiger partial charge in [-0.1, -0.05) is 218 Å². The maximum atomic E-state index is 12.4. The molecule has 0 radical (unpaired) electrons. The van der Waals surface area contributed by atoms with Crippen LogP contribution in [0.25, 0.3) is 0 Å². The van der Waals surface area contributed by atoms with Crippen LogP contribution in [-0.2, 0) is 14.3 Å². The lowest BCUT2D eigenvalue weighted by molar-refractivity contribution is -0.143. The molecule has 0 aromatic carbocycles. The molecule has 0 aromatic heterocycles. The van der Waals surface area contributed by atoms with Crippen molar-refractivity contribution in [2.24, 2.45) is 0 Å². The summed E-state index contributed by atoms with van der Waals surface area (Å²) in [6.07, 6.45) is 54.5. The number of allylic oxidation sites excluding steroid dienone is 3. The number of nitrogens with one attached hydrogen (secondary N) is 1. The van der Waals surface area contributed by atoms with Gasteiger partial charge in [0.1, 0.15) is 0 Å². The van der Waals surface area contributed by atoms with Crippen LogP contribution in [0, 0.1) is 0 Å². The van der Waals surface area contributed by atoms with Crippen LogP contribution in [0.15, 0.2) is 24.3 Å². The predicted molar refractivity (Wildman–Crippen MR) is 246 cm³/mol. The van der Waals surface area contributed by atoms with Crippen molar-refractivity contribution in [3.05, 3.63) is 24.3 Å². The van der Waals surface area contributed by atoms with E-state index in [1.54, 1.807) is 6.08 Å². The van der Waals surface area contributed by atoms with E-state index in [-0.39, 0.29) is 18.5 Å². The minimum atomic E-state index is -0.852. The number of hydrogen-bond donors (Lipinski definition) is 3. The van der Waals surface area contributed by atoms with E-state index in [2.05, 4.69) is 31.3 Å². The molecule has 0 saturated carbocycles. The molecule has 0 aromatic rings. The van der Waals surface area contributed by atoms with Crippen molar-refractivity contribution in [3.63, 3.8) is 0 Å². The van der Waals surface area contributed by atoms with Crippen molar-refractivity contribution in [1.29, 1.82) is 0 Å². The summed E-state index contributed by atoms with van der Waals surface area (Å²) in [5.74, 6) is -0.0983. The molecule has 0 heterocycles. The van der Waals surface area contributed by atoms with E-state index < -0.39 is 12.1 Å². The molecule has 2 unspecified atom stereocenters. The van der Waals surface area contributed by atoms with E-state index >= 15 is 0 Å². The number of carbonyl (C=O) groups excluding carboxylic acids is 2. The maximum Gasteiger partial charge on any atom is 0.305 e. The molecule has 0 aliphatic carbocycles. The number of unbranched alkanes of at least 4 members (excludes halogenated alkanes) is 33. The second-order valence-electron chi connectivity index (χ2n) is 17.1. The summed E-state index contributed by atoms with van der Waals surface area (Å²) < 4.78 is 5.44. The molecule has 0 aliphatic rings. The fourth-order valence-corrected chi connectivity index (χ4v) is 7.57. The molecule has 0 saturated heterocycles. The second-order valence-corrected chi connectivity index (χ2v) is 17.1. The quantitative estimate of drug-likeness (QED) is 0.0324. The predicted octanol–water partition coefficient (Wildman–Crippen LogP) is 14.7. The topological polar surface area (TPSA) is 95.9 Å². The SMILES string of the molecule is CCCCC/C=C\CCCCCCCC(=O)OCCCCCCCCCCCCCCCC(=O)NC(CO)C(O)/C=C/CCCCCCCCCCCCCCC. The summed E-state index contributed by atoms with van der Waals surface area (Å²) in [6, 6.07) is -0.637. The summed E-state index contributed by atoms with van der Waals surface area (Å²) in [5, 5.41) is 23.0. The normalized spacial score (nSPS) is 12.8. The number of amides is 1. The molecule has 6 nitrogen and oxygen atoms in total. The lowest BCUT2D eigenvalue weighted by Gasteiger charge is -2.20. The lowest BCUT2D eigenvalue weighted by Crippen LogP contribution is -2.45. The van der Waals surface area contributed by atoms with Crippen molar-refractivity contribution < 1.29 is 24.5 Å². The first-order chi connectivity index (χ1) is 28.0. The van der Waals surface area contributed by atoms with Crippen LogP contribution in [0.2, 0.25) is 0 Å². The number of aliphatic hydroxyl groups excluding tert-OH is 2. The van der Waals surface area contributed by atoms with Gasteiger partial charge in [-0.25, -0.2) is 0 Å². The third-order valence-electron chi connectivity index (χ3n) is 11.5. The molecular formula is C51H97NO5. The first kappa shape index (κ1) is 55.3. The zero-order chi connectivity index (χ0) is 41.5. The summed E-state index contributed by atoms with van der Waals surface area (Å²) in [7, 11) is 0. The highest BCUT2D eigenvalue weighted by Crippen LogP contribution is 2.15. The number of aliphatic hydroxyl groups is 2. The molecule has 57 heavy (non-hydrogen) atoms. The van der Waals surface area contributed by atoms with Crippen LogP contribution < -0.4 is 5.32 Å². The van der Waals surface area contributed by atoms with Gasteiger partial charge >= 0.3 is 5.97 Å². The van der Waals surface area contributed by atoms with Gasteiger partial charge in [0.2, 0.25) is 5.91 Å². The number of carbonyl (C=O) groups is 2. The Balaban J connectivity index is 3.50. The smallest absolute Gasteiger partial charge is 0.305 e. The Labute approximate surface area is 354 Å². The zero-order valence-electron chi connectivity index (χ0n) is 38.1. The molecule has 0 spiro atoms. The summed E-state index contributed by atoms with van der Waals surface area (Å²) in [6.45, 7) is 4.84. The molecule has 6 heteroatoms. The highest BCUT2D eigenvalue weighted by Gasteiger charge is 2.18. The van der Waals surface area contributed by atoms with Gasteiger partial charge in [-0.3, -0.25) is 9.59 Å². The van der Waals surface area contributed by atoms with Crippen LogP contribution in [0.5, 0.6) is 0 Å². The molecule has 0 fully saturated rings. The Morgan fingerprint density at radius 2 is 0.825 bits per heavy atom. The van der Waals surface area contributed by atoms with Crippen LogP contribution in [0.4, 0.5) is 0 Å². The van der Waals surface area contributed by atoms with Gasteiger partial charge in [-0.05, 0) is 57.8 Å². The third-order valence-corrected chi connectivity index (χ3v) is 11.5. The molecule has 336 valence electrons. The van der Waals surface area contributed by atoms with E-state index in [9.17, 15) is 19.8 Å². The van der Waals surface area contributed by atoms with E-state index in [1.807, 2.05) is 6.08 Å². The maximum absolute atomic E-state index is 12.4. The average molecular weight is 804 g/mol. The van der Waals surface area contributed by atoms with Gasteiger partial charge in [-0.15, -0.1) is 0 Å². The van der Waals surface area contributed by atoms with Gasteiger partial charge in [0, 0.05) is 12.8 Å². The van der Waals surface area contributed by atoms with Crippen LogP contribution >= 0.6 is 0 Å². The fraction of sp³-hybridized carbons (Fsp3) is 0.882. The van der Waals surface area contributed by atoms with Gasteiger partial charge < -0.3 is 20.3 Å². The third kappa shape index (κ3) is 43.7. The Bertz CT molecular complexity index is 889. The Morgan fingerprint density at radius 1 is 0.474 bits per heavy atom. The van der Waals surface area contributed by atoms with E-state index in [4.69, 9.17) is 4.74 Å². The van der Waals surface area contributed by atoms with Crippen LogP contribution in [0.1, 0.15) is 264 Å². The average Bonchev–Trinajstić information content (AvgIpc) is 3.21. The fourth-order valence-electron chi connectivity index (χ4n) is 7.57. The molecule has 2 atom stereocenters. The van der Waals surface area contributed by atoms with Gasteiger partial charge in [0.15, 0.2) is 0 Å². The van der Waals surface area contributed by atoms with Gasteiger partial charge in [0.05, 0.1) is 25.4 Å². The monoisotopic (exact) mass is 804 g/mol. The standard InChI is InChI=1S/C51H97NO5/c1-3-5-7-9-11-13-15-17-18-20-23-27-31-35-39-43-49(54)48(47-53)52-50(55)44-40-36-32-28-24-21-19-22-26-30-34-38-42-46-57-51(56)45-41-37-33-29-25-16-14-12-10-8-6-4-2/h12,14,39,43,48-49,53-54H,3-11,13,15-38,40-42,44-47H2,1-2H3,(H,52,55)/b14-12-,43-39+. The molecule has 1 amide bonds. The highest BCUT2D eigenvalue weighted by atomic mass is 16.5. The van der Waals surface area contributed by atoms with Gasteiger partial charge in [-0.2, -0.15) is 0 Å². The first-order valence-corrected chi connectivity index (χ1v) is 25.1. The number of rotatable bonds is 46. The summed E-state index contributed by atoms with van der Waals surface area (Å²) in [4.78, 5) is 24.4. The molecule has 0 bridgehead atoms. The van der Waals surface area contributed by atoms with E-state index in [1.165, 1.54) is 180 Å². The number of esters is 1. The first-order valence-electron chi connectivity index (χ1n) is 25.1. The highest BCUT2D eigenvalue weighted by molar-refractivity contribution is 5.76. The van der Waals surface area contributed by atoms with Crippen LogP contribution in [0.3, 0.4) is 0 Å². The summed E-state index contributed by atoms with van der Waals surface area (Å²) in [5.41, 5.74) is 0. The van der Waals surface area contributed by atoms with Crippen molar-refractivity contribution in [3.8, 4) is 0 Å².